The van der Waals surface area contributed by atoms with Crippen LogP contribution in [-0.2, 0) is 0 Å². The summed E-state index contributed by atoms with van der Waals surface area (Å²) in [5.74, 6) is 0.144. The maximum atomic E-state index is 10.4. The number of phenolic OH excluding ortho intramolecular Hbond substituents is 1. The number of rotatable bonds is 5. The van der Waals surface area contributed by atoms with Gasteiger partial charge in [0.05, 0.1) is 12.6 Å². The number of phenols is 1. The molecule has 4 nitrogen and oxygen atoms in total. The number of likely N-dealkylation sites (N-methyl/N-ethyl adjacent to an activating group) is 1. The Balaban J connectivity index is 2.07. The van der Waals surface area contributed by atoms with Crippen LogP contribution in [0.5, 0.6) is 5.75 Å². The lowest BCUT2D eigenvalue weighted by molar-refractivity contribution is 0.146. The molecule has 0 saturated heterocycles. The summed E-state index contributed by atoms with van der Waals surface area (Å²) in [5, 5.41) is 23.8. The lowest BCUT2D eigenvalue weighted by Crippen LogP contribution is -2.37. The summed E-state index contributed by atoms with van der Waals surface area (Å²) in [5.41, 5.74) is 3.93. The molecule has 2 aromatic rings. The van der Waals surface area contributed by atoms with E-state index in [1.165, 1.54) is 0 Å². The van der Waals surface area contributed by atoms with Crippen LogP contribution in [0.25, 0.3) is 0 Å². The monoisotopic (exact) mass is 344 g/mol. The molecule has 0 aliphatic rings. The van der Waals surface area contributed by atoms with Crippen molar-refractivity contribution >= 4 is 23.0 Å². The van der Waals surface area contributed by atoms with Gasteiger partial charge in [-0.2, -0.15) is 0 Å². The van der Waals surface area contributed by atoms with Crippen LogP contribution in [0.4, 0.5) is 5.69 Å². The number of hydrogen-bond donors (Lipinski definition) is 3. The van der Waals surface area contributed by atoms with Gasteiger partial charge >= 0.3 is 0 Å². The van der Waals surface area contributed by atoms with Crippen molar-refractivity contribution in [3.63, 3.8) is 0 Å². The SMILES string of the molecule is CCN(CC(O)c1cccc(O)c1)C(=S)Nc1cc(C)ccc1C. The van der Waals surface area contributed by atoms with E-state index in [1.54, 1.807) is 24.3 Å². The van der Waals surface area contributed by atoms with Gasteiger partial charge < -0.3 is 20.4 Å². The van der Waals surface area contributed by atoms with Gasteiger partial charge in [-0.25, -0.2) is 0 Å². The van der Waals surface area contributed by atoms with E-state index in [2.05, 4.69) is 23.5 Å². The Hall–Kier alpha value is -2.11. The number of nitrogens with zero attached hydrogens (tertiary/aromatic N) is 1. The van der Waals surface area contributed by atoms with E-state index in [0.29, 0.717) is 23.8 Å². The molecule has 0 heterocycles. The summed E-state index contributed by atoms with van der Waals surface area (Å²) in [6, 6.07) is 12.8. The third-order valence-electron chi connectivity index (χ3n) is 3.95. The molecular weight excluding hydrogens is 320 g/mol. The van der Waals surface area contributed by atoms with Crippen molar-refractivity contribution in [2.24, 2.45) is 0 Å². The van der Waals surface area contributed by atoms with E-state index in [4.69, 9.17) is 12.2 Å². The van der Waals surface area contributed by atoms with Gasteiger partial charge in [0.25, 0.3) is 0 Å². The zero-order chi connectivity index (χ0) is 17.7. The molecule has 0 spiro atoms. The largest absolute Gasteiger partial charge is 0.508 e. The maximum Gasteiger partial charge on any atom is 0.173 e. The molecular formula is C19H24N2O2S. The average molecular weight is 344 g/mol. The van der Waals surface area contributed by atoms with Gasteiger partial charge in [0.15, 0.2) is 5.11 Å². The smallest absolute Gasteiger partial charge is 0.173 e. The third kappa shape index (κ3) is 4.69. The molecule has 5 heteroatoms. The first-order valence-electron chi connectivity index (χ1n) is 8.01. The van der Waals surface area contributed by atoms with Crippen LogP contribution in [-0.4, -0.2) is 33.3 Å². The highest BCUT2D eigenvalue weighted by Crippen LogP contribution is 2.21. The molecule has 1 unspecified atom stereocenters. The Morgan fingerprint density at radius 2 is 1.96 bits per heavy atom. The van der Waals surface area contributed by atoms with Crippen molar-refractivity contribution in [1.82, 2.24) is 4.90 Å². The number of aliphatic hydroxyl groups is 1. The number of aryl methyl sites for hydroxylation is 2. The van der Waals surface area contributed by atoms with Gasteiger partial charge in [-0.1, -0.05) is 24.3 Å². The van der Waals surface area contributed by atoms with E-state index < -0.39 is 6.10 Å². The number of thiocarbonyl (C=S) groups is 1. The van der Waals surface area contributed by atoms with Crippen LogP contribution in [0, 0.1) is 13.8 Å². The first-order valence-corrected chi connectivity index (χ1v) is 8.41. The standard InChI is InChI=1S/C19H24N2O2S/c1-4-21(12-18(23)15-6-5-7-16(22)11-15)19(24)20-17-10-13(2)8-9-14(17)3/h5-11,18,22-23H,4,12H2,1-3H3,(H,20,24). The van der Waals surface area contributed by atoms with Crippen LogP contribution >= 0.6 is 12.2 Å². The summed E-state index contributed by atoms with van der Waals surface area (Å²) < 4.78 is 0. The lowest BCUT2D eigenvalue weighted by atomic mass is 10.1. The molecule has 0 bridgehead atoms. The topological polar surface area (TPSA) is 55.7 Å². The number of nitrogens with one attached hydrogen (secondary N) is 1. The molecule has 2 aromatic carbocycles. The van der Waals surface area contributed by atoms with Crippen LogP contribution in [0.2, 0.25) is 0 Å². The molecule has 0 aliphatic heterocycles. The number of hydrogen-bond acceptors (Lipinski definition) is 3. The Morgan fingerprint density at radius 1 is 1.21 bits per heavy atom. The number of aromatic hydroxyl groups is 1. The minimum absolute atomic E-state index is 0.144. The number of benzene rings is 2. The van der Waals surface area contributed by atoms with Crippen LogP contribution < -0.4 is 5.32 Å². The third-order valence-corrected chi connectivity index (χ3v) is 4.31. The molecule has 0 aliphatic carbocycles. The fraction of sp³-hybridized carbons (Fsp3) is 0.316. The molecule has 1 atom stereocenters. The number of anilines is 1. The van der Waals surface area contributed by atoms with Gasteiger partial charge in [-0.05, 0) is 67.9 Å². The quantitative estimate of drug-likeness (QED) is 0.721. The second-order valence-electron chi connectivity index (χ2n) is 5.90. The average Bonchev–Trinajstić information content (AvgIpc) is 2.55. The predicted octanol–water partition coefficient (Wildman–Crippen LogP) is 3.76. The Bertz CT molecular complexity index is 718. The second kappa shape index (κ2) is 8.13. The van der Waals surface area contributed by atoms with E-state index in [0.717, 1.165) is 16.8 Å². The van der Waals surface area contributed by atoms with Crippen LogP contribution in [0.15, 0.2) is 42.5 Å². The highest BCUT2D eigenvalue weighted by atomic mass is 32.1. The van der Waals surface area contributed by atoms with Gasteiger partial charge in [-0.3, -0.25) is 0 Å². The zero-order valence-corrected chi connectivity index (χ0v) is 15.1. The molecule has 128 valence electrons. The minimum Gasteiger partial charge on any atom is -0.508 e. The minimum atomic E-state index is -0.726. The van der Waals surface area contributed by atoms with E-state index in [9.17, 15) is 10.2 Å². The zero-order valence-electron chi connectivity index (χ0n) is 14.3. The van der Waals surface area contributed by atoms with Crippen molar-refractivity contribution < 1.29 is 10.2 Å². The summed E-state index contributed by atoms with van der Waals surface area (Å²) in [6.07, 6.45) is -0.726. The first-order chi connectivity index (χ1) is 11.4. The predicted molar refractivity (Wildman–Crippen MR) is 102 cm³/mol. The van der Waals surface area contributed by atoms with Gasteiger partial charge in [0, 0.05) is 12.2 Å². The highest BCUT2D eigenvalue weighted by Gasteiger charge is 2.16. The molecule has 2 rings (SSSR count). The fourth-order valence-corrected chi connectivity index (χ4v) is 2.78. The van der Waals surface area contributed by atoms with Crippen LogP contribution in [0.1, 0.15) is 29.7 Å². The number of aliphatic hydroxyl groups excluding tert-OH is 1. The Morgan fingerprint density at radius 3 is 2.62 bits per heavy atom. The van der Waals surface area contributed by atoms with Crippen molar-refractivity contribution in [3.05, 3.63) is 59.2 Å². The van der Waals surface area contributed by atoms with Crippen molar-refractivity contribution in [1.29, 1.82) is 0 Å². The van der Waals surface area contributed by atoms with Gasteiger partial charge in [-0.15, -0.1) is 0 Å². The highest BCUT2D eigenvalue weighted by molar-refractivity contribution is 7.80. The lowest BCUT2D eigenvalue weighted by Gasteiger charge is -2.27. The second-order valence-corrected chi connectivity index (χ2v) is 6.28. The summed E-state index contributed by atoms with van der Waals surface area (Å²) >= 11 is 5.51. The molecule has 0 amide bonds. The normalized spacial score (nSPS) is 11.8. The van der Waals surface area contributed by atoms with Gasteiger partial charge in [0.2, 0.25) is 0 Å². The fourth-order valence-electron chi connectivity index (χ4n) is 2.47. The molecule has 3 N–H and O–H groups in total. The summed E-state index contributed by atoms with van der Waals surface area (Å²) in [4.78, 5) is 1.91. The van der Waals surface area contributed by atoms with E-state index in [1.807, 2.05) is 25.7 Å². The molecule has 0 radical (unpaired) electrons. The maximum absolute atomic E-state index is 10.4. The van der Waals surface area contributed by atoms with Crippen molar-refractivity contribution in [2.45, 2.75) is 26.9 Å². The molecule has 0 fully saturated rings. The Labute approximate surface area is 148 Å². The van der Waals surface area contributed by atoms with Crippen molar-refractivity contribution in [2.75, 3.05) is 18.4 Å². The summed E-state index contributed by atoms with van der Waals surface area (Å²) in [7, 11) is 0. The van der Waals surface area contributed by atoms with E-state index >= 15 is 0 Å². The first kappa shape index (κ1) is 18.2. The van der Waals surface area contributed by atoms with Crippen molar-refractivity contribution in [3.8, 4) is 5.75 Å². The molecule has 0 aromatic heterocycles. The summed E-state index contributed by atoms with van der Waals surface area (Å²) in [6.45, 7) is 7.09. The molecule has 0 saturated carbocycles. The molecule has 24 heavy (non-hydrogen) atoms. The Kier molecular flexibility index (Phi) is 6.17. The van der Waals surface area contributed by atoms with E-state index in [-0.39, 0.29) is 5.75 Å². The van der Waals surface area contributed by atoms with Crippen LogP contribution in [0.3, 0.4) is 0 Å². The van der Waals surface area contributed by atoms with Gasteiger partial charge in [0.1, 0.15) is 5.75 Å².